The molecule has 3 rings (SSSR count). The topological polar surface area (TPSA) is 97.3 Å². The van der Waals surface area contributed by atoms with Crippen LogP contribution in [0.1, 0.15) is 11.3 Å². The van der Waals surface area contributed by atoms with Crippen molar-refractivity contribution < 1.29 is 13.2 Å². The highest BCUT2D eigenvalue weighted by atomic mass is 32.2. The van der Waals surface area contributed by atoms with Gasteiger partial charge in [0, 0.05) is 22.4 Å². The minimum Gasteiger partial charge on any atom is -0.325 e. The molecule has 0 spiro atoms. The standard InChI is InChI=1S/C19H19N3O4S2/c1-13-3-9-17(10-4-13)28(25,26)21-16-7-5-15(6-8-16)20-18(23)11-22-14(2)12-27-19(22)24/h3-10,12,21H,11H2,1-2H3,(H,20,23). The lowest BCUT2D eigenvalue weighted by Crippen LogP contribution is -2.25. The first-order chi connectivity index (χ1) is 13.2. The second-order valence-corrected chi connectivity index (χ2v) is 8.78. The number of hydrogen-bond acceptors (Lipinski definition) is 5. The van der Waals surface area contributed by atoms with Gasteiger partial charge < -0.3 is 5.32 Å². The van der Waals surface area contributed by atoms with E-state index in [0.29, 0.717) is 11.4 Å². The van der Waals surface area contributed by atoms with Crippen LogP contribution in [0.2, 0.25) is 0 Å². The van der Waals surface area contributed by atoms with Gasteiger partial charge in [-0.2, -0.15) is 0 Å². The molecule has 9 heteroatoms. The third-order valence-corrected chi connectivity index (χ3v) is 6.31. The molecule has 0 unspecified atom stereocenters. The molecular weight excluding hydrogens is 398 g/mol. The van der Waals surface area contributed by atoms with Crippen molar-refractivity contribution in [2.24, 2.45) is 0 Å². The Morgan fingerprint density at radius 1 is 1.00 bits per heavy atom. The molecule has 0 aliphatic heterocycles. The normalized spacial score (nSPS) is 11.2. The predicted octanol–water partition coefficient (Wildman–Crippen LogP) is 2.97. The van der Waals surface area contributed by atoms with E-state index in [-0.39, 0.29) is 22.2 Å². The number of nitrogens with one attached hydrogen (secondary N) is 2. The lowest BCUT2D eigenvalue weighted by molar-refractivity contribution is -0.116. The van der Waals surface area contributed by atoms with Gasteiger partial charge in [0.15, 0.2) is 0 Å². The van der Waals surface area contributed by atoms with Crippen LogP contribution >= 0.6 is 11.3 Å². The Morgan fingerprint density at radius 2 is 1.61 bits per heavy atom. The van der Waals surface area contributed by atoms with Gasteiger partial charge in [-0.3, -0.25) is 18.9 Å². The fourth-order valence-corrected chi connectivity index (χ4v) is 4.29. The number of anilines is 2. The monoisotopic (exact) mass is 417 g/mol. The van der Waals surface area contributed by atoms with E-state index < -0.39 is 10.0 Å². The Kier molecular flexibility index (Phi) is 5.66. The molecule has 0 saturated heterocycles. The second kappa shape index (κ2) is 7.99. The molecule has 1 aromatic heterocycles. The van der Waals surface area contributed by atoms with E-state index in [1.165, 1.54) is 4.57 Å². The van der Waals surface area contributed by atoms with Gasteiger partial charge in [-0.15, -0.1) is 0 Å². The van der Waals surface area contributed by atoms with Gasteiger partial charge in [-0.1, -0.05) is 29.0 Å². The summed E-state index contributed by atoms with van der Waals surface area (Å²) in [6, 6.07) is 12.8. The molecule has 0 fully saturated rings. The Bertz CT molecular complexity index is 1150. The van der Waals surface area contributed by atoms with Crippen LogP contribution in [0.4, 0.5) is 11.4 Å². The average Bonchev–Trinajstić information content (AvgIpc) is 2.95. The van der Waals surface area contributed by atoms with Crippen LogP contribution in [0.3, 0.4) is 0 Å². The Labute approximate surface area is 166 Å². The lowest BCUT2D eigenvalue weighted by atomic mass is 10.2. The maximum Gasteiger partial charge on any atom is 0.307 e. The van der Waals surface area contributed by atoms with Crippen LogP contribution in [0.15, 0.2) is 63.6 Å². The van der Waals surface area contributed by atoms with Gasteiger partial charge >= 0.3 is 4.87 Å². The largest absolute Gasteiger partial charge is 0.325 e. The molecule has 2 aromatic carbocycles. The number of thiazole rings is 1. The zero-order valence-electron chi connectivity index (χ0n) is 15.3. The summed E-state index contributed by atoms with van der Waals surface area (Å²) in [5.41, 5.74) is 2.58. The zero-order chi connectivity index (χ0) is 20.3. The molecular formula is C19H19N3O4S2. The van der Waals surface area contributed by atoms with E-state index in [1.807, 2.05) is 6.92 Å². The van der Waals surface area contributed by atoms with Gasteiger partial charge in [-0.25, -0.2) is 8.42 Å². The Morgan fingerprint density at radius 3 is 2.18 bits per heavy atom. The molecule has 28 heavy (non-hydrogen) atoms. The lowest BCUT2D eigenvalue weighted by Gasteiger charge is -2.10. The number of hydrogen-bond donors (Lipinski definition) is 2. The first-order valence-electron chi connectivity index (χ1n) is 8.39. The number of aromatic nitrogens is 1. The number of carbonyl (C=O) groups excluding carboxylic acids is 1. The van der Waals surface area contributed by atoms with Crippen LogP contribution in [-0.2, 0) is 21.4 Å². The van der Waals surface area contributed by atoms with E-state index in [0.717, 1.165) is 22.6 Å². The third kappa shape index (κ3) is 4.68. The molecule has 7 nitrogen and oxygen atoms in total. The molecule has 146 valence electrons. The van der Waals surface area contributed by atoms with Crippen LogP contribution in [0.5, 0.6) is 0 Å². The summed E-state index contributed by atoms with van der Waals surface area (Å²) in [5.74, 6) is -0.336. The fraction of sp³-hybridized carbons (Fsp3) is 0.158. The van der Waals surface area contributed by atoms with Crippen molar-refractivity contribution in [1.82, 2.24) is 4.57 Å². The van der Waals surface area contributed by atoms with Gasteiger partial charge in [0.05, 0.1) is 4.90 Å². The average molecular weight is 418 g/mol. The summed E-state index contributed by atoms with van der Waals surface area (Å²) < 4.78 is 28.7. The van der Waals surface area contributed by atoms with E-state index in [1.54, 1.807) is 60.8 Å². The van der Waals surface area contributed by atoms with Crippen molar-refractivity contribution in [2.45, 2.75) is 25.3 Å². The number of aryl methyl sites for hydroxylation is 2. The quantitative estimate of drug-likeness (QED) is 0.644. The molecule has 0 bridgehead atoms. The predicted molar refractivity (Wildman–Crippen MR) is 110 cm³/mol. The summed E-state index contributed by atoms with van der Waals surface area (Å²) in [5, 5.41) is 4.39. The van der Waals surface area contributed by atoms with Gasteiger partial charge in [-0.05, 0) is 50.2 Å². The van der Waals surface area contributed by atoms with Gasteiger partial charge in [0.2, 0.25) is 5.91 Å². The molecule has 1 heterocycles. The van der Waals surface area contributed by atoms with Crippen molar-refractivity contribution in [3.05, 3.63) is 74.8 Å². The van der Waals surface area contributed by atoms with Crippen molar-refractivity contribution in [3.8, 4) is 0 Å². The molecule has 1 amide bonds. The number of sulfonamides is 1. The minimum atomic E-state index is -3.68. The van der Waals surface area contributed by atoms with Gasteiger partial charge in [0.25, 0.3) is 10.0 Å². The number of nitrogens with zero attached hydrogens (tertiary/aromatic N) is 1. The second-order valence-electron chi connectivity index (χ2n) is 6.27. The summed E-state index contributed by atoms with van der Waals surface area (Å²) in [7, 11) is -3.68. The maximum atomic E-state index is 12.4. The van der Waals surface area contributed by atoms with E-state index in [2.05, 4.69) is 10.0 Å². The Hall–Kier alpha value is -2.91. The molecule has 3 aromatic rings. The number of amides is 1. The molecule has 0 atom stereocenters. The van der Waals surface area contributed by atoms with Crippen LogP contribution in [0.25, 0.3) is 0 Å². The van der Waals surface area contributed by atoms with Crippen molar-refractivity contribution >= 4 is 38.6 Å². The highest BCUT2D eigenvalue weighted by molar-refractivity contribution is 7.92. The summed E-state index contributed by atoms with van der Waals surface area (Å²) in [6.45, 7) is 3.57. The van der Waals surface area contributed by atoms with Crippen LogP contribution in [0, 0.1) is 13.8 Å². The van der Waals surface area contributed by atoms with E-state index >= 15 is 0 Å². The van der Waals surface area contributed by atoms with Crippen LogP contribution in [-0.4, -0.2) is 18.9 Å². The summed E-state index contributed by atoms with van der Waals surface area (Å²) in [6.07, 6.45) is 0. The number of rotatable bonds is 6. The molecule has 0 saturated carbocycles. The molecule has 2 N–H and O–H groups in total. The third-order valence-electron chi connectivity index (χ3n) is 4.03. The summed E-state index contributed by atoms with van der Waals surface area (Å²) >= 11 is 1.05. The molecule has 0 aliphatic carbocycles. The number of benzene rings is 2. The smallest absolute Gasteiger partial charge is 0.307 e. The maximum absolute atomic E-state index is 12.4. The van der Waals surface area contributed by atoms with E-state index in [4.69, 9.17) is 0 Å². The van der Waals surface area contributed by atoms with Crippen LogP contribution < -0.4 is 14.9 Å². The number of carbonyl (C=O) groups is 1. The molecule has 0 aliphatic rings. The zero-order valence-corrected chi connectivity index (χ0v) is 16.9. The highest BCUT2D eigenvalue weighted by Gasteiger charge is 2.14. The first-order valence-corrected chi connectivity index (χ1v) is 10.8. The first kappa shape index (κ1) is 19.8. The Balaban J connectivity index is 1.65. The highest BCUT2D eigenvalue weighted by Crippen LogP contribution is 2.19. The molecule has 0 radical (unpaired) electrons. The minimum absolute atomic E-state index is 0.0734. The van der Waals surface area contributed by atoms with Gasteiger partial charge in [0.1, 0.15) is 6.54 Å². The summed E-state index contributed by atoms with van der Waals surface area (Å²) in [4.78, 5) is 23.8. The fourth-order valence-electron chi connectivity index (χ4n) is 2.49. The van der Waals surface area contributed by atoms with Crippen molar-refractivity contribution in [2.75, 3.05) is 10.0 Å². The van der Waals surface area contributed by atoms with Crippen molar-refractivity contribution in [3.63, 3.8) is 0 Å². The SMILES string of the molecule is Cc1ccc(S(=O)(=O)Nc2ccc(NC(=O)Cn3c(C)csc3=O)cc2)cc1. The van der Waals surface area contributed by atoms with Crippen molar-refractivity contribution in [1.29, 1.82) is 0 Å². The van der Waals surface area contributed by atoms with E-state index in [9.17, 15) is 18.0 Å².